The summed E-state index contributed by atoms with van der Waals surface area (Å²) in [6, 6.07) is 6.89. The summed E-state index contributed by atoms with van der Waals surface area (Å²) < 4.78 is 2.29. The van der Waals surface area contributed by atoms with Crippen LogP contribution in [0.2, 0.25) is 0 Å². The van der Waals surface area contributed by atoms with Crippen LogP contribution in [0.25, 0.3) is 11.0 Å². The molecule has 116 valence electrons. The summed E-state index contributed by atoms with van der Waals surface area (Å²) in [7, 11) is 0. The molecule has 2 saturated carbocycles. The van der Waals surface area contributed by atoms with Gasteiger partial charge < -0.3 is 9.88 Å². The minimum atomic E-state index is 0.0456. The normalized spacial score (nSPS) is 20.0. The van der Waals surface area contributed by atoms with Gasteiger partial charge in [-0.25, -0.2) is 4.98 Å². The molecule has 2 aromatic rings. The Balaban J connectivity index is 1.56. The Morgan fingerprint density at radius 1 is 1.09 bits per heavy atom. The number of rotatable bonds is 3. The molecule has 4 rings (SSSR count). The molecule has 4 nitrogen and oxygen atoms in total. The maximum atomic E-state index is 12.4. The topological polar surface area (TPSA) is 46.9 Å². The second-order valence-electron chi connectivity index (χ2n) is 6.75. The summed E-state index contributed by atoms with van der Waals surface area (Å²) in [6.07, 6.45) is 11.8. The fourth-order valence-electron chi connectivity index (χ4n) is 3.99. The molecule has 1 N–H and O–H groups in total. The molecule has 1 heterocycles. The SMILES string of the molecule is O=C(NC1CCCC1)c1ccc2c(c1)ncn2C1CCCC1. The largest absolute Gasteiger partial charge is 0.349 e. The molecule has 0 aliphatic heterocycles. The molecule has 0 saturated heterocycles. The third kappa shape index (κ3) is 2.51. The molecule has 0 atom stereocenters. The van der Waals surface area contributed by atoms with Gasteiger partial charge in [-0.3, -0.25) is 4.79 Å². The molecule has 2 aliphatic rings. The van der Waals surface area contributed by atoms with Gasteiger partial charge in [0.25, 0.3) is 5.91 Å². The number of carbonyl (C=O) groups excluding carboxylic acids is 1. The number of hydrogen-bond acceptors (Lipinski definition) is 2. The minimum absolute atomic E-state index is 0.0456. The second kappa shape index (κ2) is 5.75. The van der Waals surface area contributed by atoms with E-state index in [4.69, 9.17) is 0 Å². The quantitative estimate of drug-likeness (QED) is 0.936. The summed E-state index contributed by atoms with van der Waals surface area (Å²) in [5.74, 6) is 0.0456. The Morgan fingerprint density at radius 2 is 1.82 bits per heavy atom. The van der Waals surface area contributed by atoms with Gasteiger partial charge in [-0.05, 0) is 43.9 Å². The van der Waals surface area contributed by atoms with Crippen molar-refractivity contribution in [2.45, 2.75) is 63.5 Å². The third-order valence-corrected chi connectivity index (χ3v) is 5.25. The van der Waals surface area contributed by atoms with Crippen molar-refractivity contribution in [3.63, 3.8) is 0 Å². The number of hydrogen-bond donors (Lipinski definition) is 1. The van der Waals surface area contributed by atoms with E-state index in [1.54, 1.807) is 0 Å². The van der Waals surface area contributed by atoms with Crippen LogP contribution in [0.5, 0.6) is 0 Å². The number of nitrogens with one attached hydrogen (secondary N) is 1. The molecule has 0 radical (unpaired) electrons. The summed E-state index contributed by atoms with van der Waals surface area (Å²) >= 11 is 0. The van der Waals surface area contributed by atoms with Crippen LogP contribution in [0.4, 0.5) is 0 Å². The molecule has 2 aliphatic carbocycles. The zero-order valence-corrected chi connectivity index (χ0v) is 12.9. The highest BCUT2D eigenvalue weighted by Gasteiger charge is 2.20. The van der Waals surface area contributed by atoms with Gasteiger partial charge in [-0.2, -0.15) is 0 Å². The Kier molecular flexibility index (Phi) is 3.60. The van der Waals surface area contributed by atoms with Crippen molar-refractivity contribution < 1.29 is 4.79 Å². The summed E-state index contributed by atoms with van der Waals surface area (Å²) in [5.41, 5.74) is 2.83. The fraction of sp³-hybridized carbons (Fsp3) is 0.556. The van der Waals surface area contributed by atoms with E-state index in [2.05, 4.69) is 20.9 Å². The van der Waals surface area contributed by atoms with Crippen LogP contribution in [0.1, 0.15) is 67.8 Å². The van der Waals surface area contributed by atoms with Crippen LogP contribution in [0, 0.1) is 0 Å². The summed E-state index contributed by atoms with van der Waals surface area (Å²) in [4.78, 5) is 16.9. The van der Waals surface area contributed by atoms with Gasteiger partial charge in [0, 0.05) is 17.6 Å². The number of amides is 1. The molecule has 0 unspecified atom stereocenters. The number of carbonyl (C=O) groups is 1. The Morgan fingerprint density at radius 3 is 2.59 bits per heavy atom. The Bertz CT molecular complexity index is 679. The molecule has 4 heteroatoms. The molecule has 2 fully saturated rings. The monoisotopic (exact) mass is 297 g/mol. The lowest BCUT2D eigenvalue weighted by atomic mass is 10.1. The first-order valence-corrected chi connectivity index (χ1v) is 8.59. The highest BCUT2D eigenvalue weighted by atomic mass is 16.1. The predicted octanol–water partition coefficient (Wildman–Crippen LogP) is 3.82. The smallest absolute Gasteiger partial charge is 0.251 e. The lowest BCUT2D eigenvalue weighted by Crippen LogP contribution is -2.32. The van der Waals surface area contributed by atoms with Crippen LogP contribution in [-0.4, -0.2) is 21.5 Å². The van der Waals surface area contributed by atoms with Crippen molar-refractivity contribution in [2.75, 3.05) is 0 Å². The van der Waals surface area contributed by atoms with Crippen LogP contribution in [0.15, 0.2) is 24.5 Å². The lowest BCUT2D eigenvalue weighted by molar-refractivity contribution is 0.0938. The molecular formula is C18H23N3O. The van der Waals surface area contributed by atoms with Crippen LogP contribution < -0.4 is 5.32 Å². The van der Waals surface area contributed by atoms with E-state index >= 15 is 0 Å². The number of imidazole rings is 1. The molecule has 22 heavy (non-hydrogen) atoms. The molecule has 0 bridgehead atoms. The fourth-order valence-corrected chi connectivity index (χ4v) is 3.99. The van der Waals surface area contributed by atoms with Crippen molar-refractivity contribution >= 4 is 16.9 Å². The Hall–Kier alpha value is -1.84. The van der Waals surface area contributed by atoms with Crippen molar-refractivity contribution in [2.24, 2.45) is 0 Å². The van der Waals surface area contributed by atoms with E-state index in [1.807, 2.05) is 18.5 Å². The van der Waals surface area contributed by atoms with Gasteiger partial charge in [0.05, 0.1) is 17.4 Å². The van der Waals surface area contributed by atoms with E-state index in [0.29, 0.717) is 12.1 Å². The average Bonchev–Trinajstić information content (AvgIpc) is 3.27. The van der Waals surface area contributed by atoms with Crippen molar-refractivity contribution in [1.82, 2.24) is 14.9 Å². The first kappa shape index (κ1) is 13.8. The van der Waals surface area contributed by atoms with Crippen LogP contribution >= 0.6 is 0 Å². The first-order chi connectivity index (χ1) is 10.8. The number of benzene rings is 1. The molecule has 1 amide bonds. The standard InChI is InChI=1S/C18H23N3O/c22-18(20-14-5-1-2-6-14)13-9-10-17-16(11-13)19-12-21(17)15-7-3-4-8-15/h9-12,14-15H,1-8H2,(H,20,22). The van der Waals surface area contributed by atoms with Gasteiger partial charge in [0.2, 0.25) is 0 Å². The zero-order valence-electron chi connectivity index (χ0n) is 12.9. The molecule has 1 aromatic heterocycles. The van der Waals surface area contributed by atoms with Gasteiger partial charge in [-0.15, -0.1) is 0 Å². The third-order valence-electron chi connectivity index (χ3n) is 5.25. The minimum Gasteiger partial charge on any atom is -0.349 e. The van der Waals surface area contributed by atoms with Crippen molar-refractivity contribution in [3.05, 3.63) is 30.1 Å². The molecule has 1 aromatic carbocycles. The van der Waals surface area contributed by atoms with Crippen LogP contribution in [0.3, 0.4) is 0 Å². The van der Waals surface area contributed by atoms with Crippen LogP contribution in [-0.2, 0) is 0 Å². The highest BCUT2D eigenvalue weighted by molar-refractivity contribution is 5.97. The van der Waals surface area contributed by atoms with Crippen molar-refractivity contribution in [3.8, 4) is 0 Å². The van der Waals surface area contributed by atoms with Gasteiger partial charge in [0.15, 0.2) is 0 Å². The number of nitrogens with zero attached hydrogens (tertiary/aromatic N) is 2. The Labute approximate surface area is 130 Å². The van der Waals surface area contributed by atoms with E-state index in [1.165, 1.54) is 38.5 Å². The van der Waals surface area contributed by atoms with Crippen molar-refractivity contribution in [1.29, 1.82) is 0 Å². The maximum absolute atomic E-state index is 12.4. The van der Waals surface area contributed by atoms with E-state index < -0.39 is 0 Å². The van der Waals surface area contributed by atoms with Gasteiger partial charge >= 0.3 is 0 Å². The lowest BCUT2D eigenvalue weighted by Gasteiger charge is -2.13. The van der Waals surface area contributed by atoms with E-state index in [-0.39, 0.29) is 5.91 Å². The second-order valence-corrected chi connectivity index (χ2v) is 6.75. The zero-order chi connectivity index (χ0) is 14.9. The predicted molar refractivity (Wildman–Crippen MR) is 87.0 cm³/mol. The summed E-state index contributed by atoms with van der Waals surface area (Å²) in [6.45, 7) is 0. The van der Waals surface area contributed by atoms with E-state index in [0.717, 1.165) is 29.4 Å². The number of aromatic nitrogens is 2. The maximum Gasteiger partial charge on any atom is 0.251 e. The highest BCUT2D eigenvalue weighted by Crippen LogP contribution is 2.32. The number of fused-ring (bicyclic) bond motifs is 1. The molecular weight excluding hydrogens is 274 g/mol. The average molecular weight is 297 g/mol. The molecule has 0 spiro atoms. The van der Waals surface area contributed by atoms with Gasteiger partial charge in [-0.1, -0.05) is 25.7 Å². The summed E-state index contributed by atoms with van der Waals surface area (Å²) in [5, 5.41) is 3.15. The first-order valence-electron chi connectivity index (χ1n) is 8.59. The van der Waals surface area contributed by atoms with E-state index in [9.17, 15) is 4.79 Å². The van der Waals surface area contributed by atoms with Gasteiger partial charge in [0.1, 0.15) is 0 Å².